The average molecular weight is 332 g/mol. The number of carbonyl (C=O) groups is 1. The molecular weight excluding hydrogens is 308 g/mol. The average Bonchev–Trinajstić information content (AvgIpc) is 3.17. The summed E-state index contributed by atoms with van der Waals surface area (Å²) in [5.74, 6) is 1.34. The van der Waals surface area contributed by atoms with Crippen LogP contribution in [0.4, 0.5) is 6.01 Å². The van der Waals surface area contributed by atoms with Gasteiger partial charge in [0.25, 0.3) is 0 Å². The Bertz CT molecular complexity index is 707. The van der Waals surface area contributed by atoms with Crippen LogP contribution in [-0.2, 0) is 11.8 Å². The largest absolute Gasteiger partial charge is 0.338 e. The number of likely N-dealkylation sites (tertiary alicyclic amines) is 1. The van der Waals surface area contributed by atoms with Gasteiger partial charge in [-0.1, -0.05) is 19.0 Å². The molecule has 1 amide bonds. The van der Waals surface area contributed by atoms with Crippen LogP contribution >= 0.6 is 0 Å². The molecule has 0 bridgehead atoms. The van der Waals surface area contributed by atoms with Crippen LogP contribution in [0, 0.1) is 5.92 Å². The van der Waals surface area contributed by atoms with E-state index >= 15 is 0 Å². The Hall–Kier alpha value is -2.38. The molecule has 24 heavy (non-hydrogen) atoms. The predicted molar refractivity (Wildman–Crippen MR) is 88.3 cm³/mol. The maximum absolute atomic E-state index is 12.1. The Morgan fingerprint density at radius 1 is 1.42 bits per heavy atom. The number of nitrogens with one attached hydrogen (secondary N) is 1. The number of anilines is 1. The first-order valence-corrected chi connectivity index (χ1v) is 8.27. The van der Waals surface area contributed by atoms with Crippen molar-refractivity contribution in [3.63, 3.8) is 0 Å². The number of hydrogen-bond donors (Lipinski definition) is 1. The molecule has 0 spiro atoms. The number of hydrogen-bond acceptors (Lipinski definition) is 6. The molecule has 1 saturated heterocycles. The fraction of sp³-hybridized carbons (Fsp3) is 0.625. The van der Waals surface area contributed by atoms with Gasteiger partial charge in [0.15, 0.2) is 5.82 Å². The van der Waals surface area contributed by atoms with E-state index in [0.29, 0.717) is 24.8 Å². The van der Waals surface area contributed by atoms with Gasteiger partial charge >= 0.3 is 6.01 Å². The van der Waals surface area contributed by atoms with Gasteiger partial charge in [-0.2, -0.15) is 10.1 Å². The molecule has 1 fully saturated rings. The van der Waals surface area contributed by atoms with Crippen molar-refractivity contribution in [2.45, 2.75) is 38.6 Å². The van der Waals surface area contributed by atoms with Crippen molar-refractivity contribution < 1.29 is 9.32 Å². The molecule has 3 heterocycles. The summed E-state index contributed by atoms with van der Waals surface area (Å²) in [6.07, 6.45) is 5.17. The molecule has 130 valence electrons. The van der Waals surface area contributed by atoms with Crippen LogP contribution in [0.3, 0.4) is 0 Å². The van der Waals surface area contributed by atoms with Crippen molar-refractivity contribution in [3.05, 3.63) is 23.8 Å². The molecule has 1 N–H and O–H groups in total. The minimum absolute atomic E-state index is 0.0000550. The van der Waals surface area contributed by atoms with E-state index in [1.165, 1.54) is 0 Å². The van der Waals surface area contributed by atoms with Gasteiger partial charge in [0.2, 0.25) is 5.91 Å². The highest BCUT2D eigenvalue weighted by Gasteiger charge is 2.35. The van der Waals surface area contributed by atoms with Gasteiger partial charge in [-0.3, -0.25) is 9.48 Å². The zero-order valence-corrected chi connectivity index (χ0v) is 14.6. The Morgan fingerprint density at radius 2 is 2.21 bits per heavy atom. The van der Waals surface area contributed by atoms with Crippen LogP contribution in [0.5, 0.6) is 0 Å². The van der Waals surface area contributed by atoms with Gasteiger partial charge in [-0.05, 0) is 6.42 Å². The third kappa shape index (κ3) is 3.27. The van der Waals surface area contributed by atoms with Gasteiger partial charge in [0, 0.05) is 50.7 Å². The summed E-state index contributed by atoms with van der Waals surface area (Å²) in [5, 5.41) is 11.4. The second kappa shape index (κ2) is 6.62. The van der Waals surface area contributed by atoms with Crippen LogP contribution in [0.1, 0.15) is 50.0 Å². The molecule has 2 aromatic heterocycles. The van der Waals surface area contributed by atoms with E-state index in [2.05, 4.69) is 20.6 Å². The fourth-order valence-electron chi connectivity index (χ4n) is 3.18. The quantitative estimate of drug-likeness (QED) is 0.900. The number of piperidine rings is 1. The summed E-state index contributed by atoms with van der Waals surface area (Å²) < 4.78 is 7.00. The summed E-state index contributed by atoms with van der Waals surface area (Å²) in [7, 11) is 3.74. The highest BCUT2D eigenvalue weighted by Crippen LogP contribution is 2.35. The molecule has 0 unspecified atom stereocenters. The molecule has 2 aromatic rings. The van der Waals surface area contributed by atoms with E-state index in [0.717, 1.165) is 12.0 Å². The third-order valence-electron chi connectivity index (χ3n) is 4.53. The molecule has 0 aromatic carbocycles. The van der Waals surface area contributed by atoms with Gasteiger partial charge in [-0.25, -0.2) is 0 Å². The van der Waals surface area contributed by atoms with Crippen molar-refractivity contribution in [2.24, 2.45) is 13.0 Å². The minimum atomic E-state index is -0.0000550. The smallest absolute Gasteiger partial charge is 0.321 e. The lowest BCUT2D eigenvalue weighted by molar-refractivity contribution is -0.136. The van der Waals surface area contributed by atoms with Crippen molar-refractivity contribution in [2.75, 3.05) is 18.9 Å². The molecule has 2 atom stereocenters. The van der Waals surface area contributed by atoms with Gasteiger partial charge in [0.05, 0.1) is 12.2 Å². The Labute approximate surface area is 141 Å². The standard InChI is InChI=1S/C16H24N6O2/c1-10(2)15-19-16(24-20-15)17-7-11-5-6-13(23)22(4)14(11)12-8-18-21(3)9-12/h8-11,14H,5-7H2,1-4H3,(H,17,19,20)/t11-,14+/m1/s1. The van der Waals surface area contributed by atoms with Crippen LogP contribution in [0.2, 0.25) is 0 Å². The molecule has 8 heteroatoms. The van der Waals surface area contributed by atoms with Crippen LogP contribution in [-0.4, -0.2) is 44.3 Å². The molecule has 0 aliphatic carbocycles. The molecule has 8 nitrogen and oxygen atoms in total. The number of amides is 1. The Morgan fingerprint density at radius 3 is 2.83 bits per heavy atom. The lowest BCUT2D eigenvalue weighted by Gasteiger charge is -2.38. The minimum Gasteiger partial charge on any atom is -0.338 e. The van der Waals surface area contributed by atoms with Crippen molar-refractivity contribution in [1.82, 2.24) is 24.8 Å². The second-order valence-electron chi connectivity index (χ2n) is 6.69. The highest BCUT2D eigenvalue weighted by molar-refractivity contribution is 5.77. The van der Waals surface area contributed by atoms with E-state index < -0.39 is 0 Å². The summed E-state index contributed by atoms with van der Waals surface area (Å²) in [4.78, 5) is 18.3. The maximum atomic E-state index is 12.1. The van der Waals surface area contributed by atoms with Gasteiger partial charge in [0.1, 0.15) is 0 Å². The van der Waals surface area contributed by atoms with Gasteiger partial charge < -0.3 is 14.7 Å². The highest BCUT2D eigenvalue weighted by atomic mass is 16.5. The molecule has 0 saturated carbocycles. The SMILES string of the molecule is CC(C)c1noc(NC[C@H]2CCC(=O)N(C)[C@@H]2c2cnn(C)c2)n1. The van der Waals surface area contributed by atoms with Crippen LogP contribution in [0.15, 0.2) is 16.9 Å². The van der Waals surface area contributed by atoms with Gasteiger partial charge in [-0.15, -0.1) is 0 Å². The first-order chi connectivity index (χ1) is 11.5. The van der Waals surface area contributed by atoms with Crippen molar-refractivity contribution in [3.8, 4) is 0 Å². The number of nitrogens with zero attached hydrogens (tertiary/aromatic N) is 5. The summed E-state index contributed by atoms with van der Waals surface area (Å²) in [6, 6.07) is 0.433. The Balaban J connectivity index is 1.73. The lowest BCUT2D eigenvalue weighted by atomic mass is 9.86. The van der Waals surface area contributed by atoms with E-state index in [1.807, 2.05) is 45.2 Å². The molecule has 1 aliphatic heterocycles. The van der Waals surface area contributed by atoms with Crippen LogP contribution in [0.25, 0.3) is 0 Å². The molecule has 0 radical (unpaired) electrons. The Kier molecular flexibility index (Phi) is 4.55. The fourth-order valence-corrected chi connectivity index (χ4v) is 3.18. The first kappa shape index (κ1) is 16.5. The third-order valence-corrected chi connectivity index (χ3v) is 4.53. The zero-order chi connectivity index (χ0) is 17.3. The summed E-state index contributed by atoms with van der Waals surface area (Å²) in [5.41, 5.74) is 1.05. The van der Waals surface area contributed by atoms with E-state index in [1.54, 1.807) is 4.68 Å². The number of carbonyl (C=O) groups excluding carboxylic acids is 1. The normalized spacial score (nSPS) is 21.5. The van der Waals surface area contributed by atoms with E-state index in [4.69, 9.17) is 4.52 Å². The van der Waals surface area contributed by atoms with Crippen molar-refractivity contribution >= 4 is 11.9 Å². The summed E-state index contributed by atoms with van der Waals surface area (Å²) in [6.45, 7) is 4.71. The summed E-state index contributed by atoms with van der Waals surface area (Å²) >= 11 is 0. The van der Waals surface area contributed by atoms with E-state index in [9.17, 15) is 4.79 Å². The van der Waals surface area contributed by atoms with Crippen molar-refractivity contribution in [1.29, 1.82) is 0 Å². The first-order valence-electron chi connectivity index (χ1n) is 8.27. The second-order valence-corrected chi connectivity index (χ2v) is 6.69. The maximum Gasteiger partial charge on any atom is 0.321 e. The van der Waals surface area contributed by atoms with E-state index in [-0.39, 0.29) is 23.8 Å². The predicted octanol–water partition coefficient (Wildman–Crippen LogP) is 1.95. The molecule has 1 aliphatic rings. The van der Waals surface area contributed by atoms with Crippen LogP contribution < -0.4 is 5.32 Å². The lowest BCUT2D eigenvalue weighted by Crippen LogP contribution is -2.42. The molecular formula is C16H24N6O2. The zero-order valence-electron chi connectivity index (χ0n) is 14.6. The molecule has 3 rings (SSSR count). The number of rotatable bonds is 5. The number of aromatic nitrogens is 4. The topological polar surface area (TPSA) is 89.1 Å². The number of aryl methyl sites for hydroxylation is 1. The monoisotopic (exact) mass is 332 g/mol.